The molecule has 1 aliphatic heterocycles. The van der Waals surface area contributed by atoms with Gasteiger partial charge in [-0.3, -0.25) is 4.79 Å². The molecule has 0 aliphatic carbocycles. The van der Waals surface area contributed by atoms with Gasteiger partial charge in [0.15, 0.2) is 5.78 Å². The van der Waals surface area contributed by atoms with Gasteiger partial charge in [-0.1, -0.05) is 23.7 Å². The van der Waals surface area contributed by atoms with Crippen molar-refractivity contribution in [3.05, 3.63) is 34.9 Å². The van der Waals surface area contributed by atoms with Gasteiger partial charge in [0.25, 0.3) is 0 Å². The fourth-order valence-electron chi connectivity index (χ4n) is 1.96. The number of rotatable bonds is 3. The van der Waals surface area contributed by atoms with E-state index in [1.807, 2.05) is 19.2 Å². The summed E-state index contributed by atoms with van der Waals surface area (Å²) in [6.07, 6.45) is 0. The molecule has 16 heavy (non-hydrogen) atoms. The highest BCUT2D eigenvalue weighted by Crippen LogP contribution is 2.23. The van der Waals surface area contributed by atoms with Crippen molar-refractivity contribution in [1.29, 1.82) is 0 Å². The van der Waals surface area contributed by atoms with Crippen LogP contribution in [0.1, 0.15) is 10.4 Å². The van der Waals surface area contributed by atoms with E-state index in [1.165, 1.54) is 0 Å². The third-order valence-electron chi connectivity index (χ3n) is 2.93. The zero-order valence-electron chi connectivity index (χ0n) is 9.07. The molecule has 1 heterocycles. The topological polar surface area (TPSA) is 38.3 Å². The average molecular weight is 240 g/mol. The van der Waals surface area contributed by atoms with Gasteiger partial charge in [-0.2, -0.15) is 0 Å². The molecule has 3 nitrogen and oxygen atoms in total. The molecule has 1 fully saturated rings. The van der Waals surface area contributed by atoms with E-state index in [1.54, 1.807) is 12.1 Å². The molecule has 1 aromatic carbocycles. The lowest BCUT2D eigenvalue weighted by Crippen LogP contribution is -2.37. The fourth-order valence-corrected chi connectivity index (χ4v) is 2.19. The highest BCUT2D eigenvalue weighted by Gasteiger charge is 2.34. The Balaban J connectivity index is 2.22. The molecule has 0 aromatic heterocycles. The molecular formula is C12H14ClNO2. The van der Waals surface area contributed by atoms with E-state index < -0.39 is 0 Å². The van der Waals surface area contributed by atoms with E-state index in [9.17, 15) is 4.79 Å². The zero-order chi connectivity index (χ0) is 11.5. The van der Waals surface area contributed by atoms with Crippen molar-refractivity contribution in [2.75, 3.05) is 20.3 Å². The Kier molecular flexibility index (Phi) is 3.59. The van der Waals surface area contributed by atoms with Crippen LogP contribution in [0.4, 0.5) is 0 Å². The molecule has 4 heteroatoms. The van der Waals surface area contributed by atoms with Crippen LogP contribution in [-0.4, -0.2) is 32.1 Å². The predicted molar refractivity (Wildman–Crippen MR) is 62.9 cm³/mol. The highest BCUT2D eigenvalue weighted by atomic mass is 35.5. The number of likely N-dealkylation sites (N-methyl/N-ethyl adjacent to an activating group) is 1. The number of nitrogens with one attached hydrogen (secondary N) is 1. The maximum Gasteiger partial charge on any atom is 0.171 e. The summed E-state index contributed by atoms with van der Waals surface area (Å²) in [7, 11) is 1.84. The molecule has 2 atom stereocenters. The summed E-state index contributed by atoms with van der Waals surface area (Å²) in [5.41, 5.74) is 0.583. The van der Waals surface area contributed by atoms with Crippen molar-refractivity contribution >= 4 is 17.4 Å². The number of hydrogen-bond acceptors (Lipinski definition) is 3. The predicted octanol–water partition coefficient (Wildman–Crippen LogP) is 1.76. The molecule has 1 saturated heterocycles. The van der Waals surface area contributed by atoms with E-state index in [4.69, 9.17) is 16.3 Å². The van der Waals surface area contributed by atoms with Gasteiger partial charge in [0.05, 0.1) is 24.2 Å². The summed E-state index contributed by atoms with van der Waals surface area (Å²) in [4.78, 5) is 12.2. The third-order valence-corrected chi connectivity index (χ3v) is 3.26. The second-order valence-electron chi connectivity index (χ2n) is 3.88. The number of benzene rings is 1. The van der Waals surface area contributed by atoms with E-state index >= 15 is 0 Å². The van der Waals surface area contributed by atoms with Crippen molar-refractivity contribution in [2.24, 2.45) is 5.92 Å². The minimum atomic E-state index is -0.134. The molecule has 0 bridgehead atoms. The minimum Gasteiger partial charge on any atom is -0.379 e. The monoisotopic (exact) mass is 239 g/mol. The van der Waals surface area contributed by atoms with Crippen molar-refractivity contribution in [2.45, 2.75) is 6.04 Å². The summed E-state index contributed by atoms with van der Waals surface area (Å²) in [5, 5.41) is 3.60. The van der Waals surface area contributed by atoms with Gasteiger partial charge in [-0.25, -0.2) is 0 Å². The SMILES string of the molecule is CNC1COCC1C(=O)c1ccccc1Cl. The second kappa shape index (κ2) is 4.95. The van der Waals surface area contributed by atoms with Crippen LogP contribution in [0.5, 0.6) is 0 Å². The van der Waals surface area contributed by atoms with Crippen LogP contribution in [0.2, 0.25) is 5.02 Å². The maximum absolute atomic E-state index is 12.2. The molecule has 1 aliphatic rings. The van der Waals surface area contributed by atoms with Crippen LogP contribution < -0.4 is 5.32 Å². The Morgan fingerprint density at radius 1 is 1.44 bits per heavy atom. The molecule has 0 saturated carbocycles. The van der Waals surface area contributed by atoms with Gasteiger partial charge in [-0.05, 0) is 19.2 Å². The van der Waals surface area contributed by atoms with E-state index in [0.29, 0.717) is 23.8 Å². The van der Waals surface area contributed by atoms with Gasteiger partial charge in [0.2, 0.25) is 0 Å². The number of hydrogen-bond donors (Lipinski definition) is 1. The molecule has 2 rings (SSSR count). The smallest absolute Gasteiger partial charge is 0.171 e. The quantitative estimate of drug-likeness (QED) is 0.817. The molecular weight excluding hydrogens is 226 g/mol. The van der Waals surface area contributed by atoms with Gasteiger partial charge in [0, 0.05) is 11.6 Å². The number of ether oxygens (including phenoxy) is 1. The Hall–Kier alpha value is -0.900. The number of halogens is 1. The summed E-state index contributed by atoms with van der Waals surface area (Å²) < 4.78 is 5.32. The van der Waals surface area contributed by atoms with E-state index in [0.717, 1.165) is 0 Å². The summed E-state index contributed by atoms with van der Waals surface area (Å²) in [5.74, 6) is -0.0765. The fraction of sp³-hybridized carbons (Fsp3) is 0.417. The first-order valence-electron chi connectivity index (χ1n) is 5.27. The lowest BCUT2D eigenvalue weighted by atomic mass is 9.93. The number of Topliss-reactive ketones (excluding diaryl/α,β-unsaturated/α-hetero) is 1. The highest BCUT2D eigenvalue weighted by molar-refractivity contribution is 6.34. The Labute approximate surface area is 99.7 Å². The minimum absolute atomic E-state index is 0.0578. The van der Waals surface area contributed by atoms with Crippen molar-refractivity contribution in [1.82, 2.24) is 5.32 Å². The Morgan fingerprint density at radius 2 is 2.19 bits per heavy atom. The number of carbonyl (C=O) groups excluding carboxylic acids is 1. The third kappa shape index (κ3) is 2.12. The Morgan fingerprint density at radius 3 is 2.88 bits per heavy atom. The lowest BCUT2D eigenvalue weighted by molar-refractivity contribution is 0.0892. The molecule has 0 spiro atoms. The lowest BCUT2D eigenvalue weighted by Gasteiger charge is -2.15. The van der Waals surface area contributed by atoms with Crippen LogP contribution in [-0.2, 0) is 4.74 Å². The molecule has 0 amide bonds. The normalized spacial score (nSPS) is 24.6. The van der Waals surface area contributed by atoms with Crippen LogP contribution in [0, 0.1) is 5.92 Å². The molecule has 86 valence electrons. The molecule has 2 unspecified atom stereocenters. The summed E-state index contributed by atoms with van der Waals surface area (Å²) in [6.45, 7) is 1.05. The van der Waals surface area contributed by atoms with Crippen molar-refractivity contribution in [3.8, 4) is 0 Å². The van der Waals surface area contributed by atoms with Gasteiger partial charge in [-0.15, -0.1) is 0 Å². The maximum atomic E-state index is 12.2. The van der Waals surface area contributed by atoms with E-state index in [-0.39, 0.29) is 17.7 Å². The standard InChI is InChI=1S/C12H14ClNO2/c1-14-11-7-16-6-9(11)12(15)8-4-2-3-5-10(8)13/h2-5,9,11,14H,6-7H2,1H3. The number of ketones is 1. The first-order chi connectivity index (χ1) is 7.74. The van der Waals surface area contributed by atoms with Crippen molar-refractivity contribution in [3.63, 3.8) is 0 Å². The van der Waals surface area contributed by atoms with Crippen LogP contribution >= 0.6 is 11.6 Å². The average Bonchev–Trinajstić information content (AvgIpc) is 2.77. The van der Waals surface area contributed by atoms with Gasteiger partial charge in [0.1, 0.15) is 0 Å². The van der Waals surface area contributed by atoms with Crippen LogP contribution in [0.25, 0.3) is 0 Å². The second-order valence-corrected chi connectivity index (χ2v) is 4.29. The van der Waals surface area contributed by atoms with Gasteiger partial charge >= 0.3 is 0 Å². The van der Waals surface area contributed by atoms with Gasteiger partial charge < -0.3 is 10.1 Å². The number of carbonyl (C=O) groups is 1. The van der Waals surface area contributed by atoms with Crippen molar-refractivity contribution < 1.29 is 9.53 Å². The van der Waals surface area contributed by atoms with E-state index in [2.05, 4.69) is 5.32 Å². The largest absolute Gasteiger partial charge is 0.379 e. The molecule has 1 aromatic rings. The molecule has 0 radical (unpaired) electrons. The zero-order valence-corrected chi connectivity index (χ0v) is 9.83. The summed E-state index contributed by atoms with van der Waals surface area (Å²) in [6, 6.07) is 7.22. The van der Waals surface area contributed by atoms with Crippen LogP contribution in [0.15, 0.2) is 24.3 Å². The van der Waals surface area contributed by atoms with Crippen LogP contribution in [0.3, 0.4) is 0 Å². The Bertz CT molecular complexity index is 394. The molecule has 1 N–H and O–H groups in total. The summed E-state index contributed by atoms with van der Waals surface area (Å²) >= 11 is 6.01. The first-order valence-corrected chi connectivity index (χ1v) is 5.65. The first kappa shape index (κ1) is 11.6.